The van der Waals surface area contributed by atoms with Crippen molar-refractivity contribution in [1.29, 1.82) is 0 Å². The molecular formula is C13H25N3O2. The minimum Gasteiger partial charge on any atom is -0.356 e. The summed E-state index contributed by atoms with van der Waals surface area (Å²) in [5.41, 5.74) is 0. The molecule has 0 aromatic carbocycles. The third kappa shape index (κ3) is 8.75. The van der Waals surface area contributed by atoms with E-state index in [1.807, 2.05) is 14.1 Å². The van der Waals surface area contributed by atoms with E-state index in [1.165, 1.54) is 6.92 Å². The van der Waals surface area contributed by atoms with Crippen LogP contribution < -0.4 is 5.32 Å². The van der Waals surface area contributed by atoms with Crippen LogP contribution in [0.5, 0.6) is 0 Å². The van der Waals surface area contributed by atoms with E-state index in [0.717, 1.165) is 13.0 Å². The second kappa shape index (κ2) is 9.65. The number of hydrogen-bond donors (Lipinski definition) is 1. The Morgan fingerprint density at radius 3 is 2.44 bits per heavy atom. The summed E-state index contributed by atoms with van der Waals surface area (Å²) in [5.74, 6) is -0.0422. The van der Waals surface area contributed by atoms with Crippen LogP contribution in [-0.4, -0.2) is 61.9 Å². The fourth-order valence-electron chi connectivity index (χ4n) is 1.48. The Morgan fingerprint density at radius 2 is 1.94 bits per heavy atom. The van der Waals surface area contributed by atoms with Gasteiger partial charge < -0.3 is 15.1 Å². The second-order valence-corrected chi connectivity index (χ2v) is 4.51. The Bertz CT molecular complexity index is 277. The summed E-state index contributed by atoms with van der Waals surface area (Å²) in [5, 5.41) is 2.85. The van der Waals surface area contributed by atoms with Crippen LogP contribution >= 0.6 is 0 Å². The summed E-state index contributed by atoms with van der Waals surface area (Å²) in [6.07, 6.45) is 2.94. The highest BCUT2D eigenvalue weighted by Gasteiger charge is 2.09. The summed E-state index contributed by atoms with van der Waals surface area (Å²) < 4.78 is 0. The molecule has 0 bridgehead atoms. The lowest BCUT2D eigenvalue weighted by atomic mass is 10.3. The highest BCUT2D eigenvalue weighted by Crippen LogP contribution is 1.93. The Balaban J connectivity index is 3.74. The van der Waals surface area contributed by atoms with Crippen molar-refractivity contribution < 1.29 is 9.59 Å². The lowest BCUT2D eigenvalue weighted by Crippen LogP contribution is -2.34. The maximum atomic E-state index is 11.5. The number of nitrogens with one attached hydrogen (secondary N) is 1. The lowest BCUT2D eigenvalue weighted by molar-refractivity contribution is -0.129. The lowest BCUT2D eigenvalue weighted by Gasteiger charge is -2.18. The molecule has 0 saturated heterocycles. The van der Waals surface area contributed by atoms with Gasteiger partial charge >= 0.3 is 0 Å². The molecule has 0 heterocycles. The molecule has 0 aliphatic rings. The van der Waals surface area contributed by atoms with Crippen molar-refractivity contribution in [3.63, 3.8) is 0 Å². The monoisotopic (exact) mass is 255 g/mol. The molecule has 0 spiro atoms. The second-order valence-electron chi connectivity index (χ2n) is 4.51. The van der Waals surface area contributed by atoms with E-state index < -0.39 is 0 Å². The predicted octanol–water partition coefficient (Wildman–Crippen LogP) is 0.479. The third-order valence-corrected chi connectivity index (χ3v) is 2.51. The number of carbonyl (C=O) groups is 2. The van der Waals surface area contributed by atoms with Gasteiger partial charge in [0.05, 0.1) is 0 Å². The first-order chi connectivity index (χ1) is 8.47. The van der Waals surface area contributed by atoms with Gasteiger partial charge in [-0.3, -0.25) is 9.59 Å². The number of hydrogen-bond acceptors (Lipinski definition) is 3. The predicted molar refractivity (Wildman–Crippen MR) is 73.2 cm³/mol. The molecule has 0 fully saturated rings. The van der Waals surface area contributed by atoms with Crippen molar-refractivity contribution in [2.75, 3.05) is 40.3 Å². The van der Waals surface area contributed by atoms with Crippen LogP contribution in [-0.2, 0) is 9.59 Å². The van der Waals surface area contributed by atoms with Gasteiger partial charge in [-0.05, 0) is 27.1 Å². The first-order valence-electron chi connectivity index (χ1n) is 6.25. The van der Waals surface area contributed by atoms with Gasteiger partial charge in [-0.25, -0.2) is 0 Å². The zero-order chi connectivity index (χ0) is 14.0. The largest absolute Gasteiger partial charge is 0.356 e. The molecule has 0 atom stereocenters. The highest BCUT2D eigenvalue weighted by atomic mass is 16.2. The van der Waals surface area contributed by atoms with Crippen molar-refractivity contribution in [3.05, 3.63) is 12.7 Å². The maximum Gasteiger partial charge on any atom is 0.221 e. The minimum atomic E-state index is -0.0321. The summed E-state index contributed by atoms with van der Waals surface area (Å²) in [4.78, 5) is 26.4. The third-order valence-electron chi connectivity index (χ3n) is 2.51. The molecule has 5 nitrogen and oxygen atoms in total. The van der Waals surface area contributed by atoms with E-state index in [0.29, 0.717) is 26.1 Å². The average molecular weight is 255 g/mol. The molecular weight excluding hydrogens is 230 g/mol. The Morgan fingerprint density at radius 1 is 1.28 bits per heavy atom. The van der Waals surface area contributed by atoms with Crippen molar-refractivity contribution in [3.8, 4) is 0 Å². The Hall–Kier alpha value is -1.36. The molecule has 0 aromatic heterocycles. The molecule has 18 heavy (non-hydrogen) atoms. The van der Waals surface area contributed by atoms with E-state index in [-0.39, 0.29) is 11.8 Å². The zero-order valence-corrected chi connectivity index (χ0v) is 11.7. The first-order valence-corrected chi connectivity index (χ1v) is 6.25. The molecule has 1 N–H and O–H groups in total. The van der Waals surface area contributed by atoms with Crippen LogP contribution in [0.2, 0.25) is 0 Å². The Kier molecular flexibility index (Phi) is 8.92. The van der Waals surface area contributed by atoms with E-state index in [4.69, 9.17) is 0 Å². The van der Waals surface area contributed by atoms with Crippen LogP contribution in [0.25, 0.3) is 0 Å². The van der Waals surface area contributed by atoms with Gasteiger partial charge in [0.25, 0.3) is 0 Å². The van der Waals surface area contributed by atoms with Crippen molar-refractivity contribution >= 4 is 11.8 Å². The molecule has 2 amide bonds. The van der Waals surface area contributed by atoms with Crippen LogP contribution in [0.3, 0.4) is 0 Å². The van der Waals surface area contributed by atoms with Gasteiger partial charge in [0.1, 0.15) is 0 Å². The van der Waals surface area contributed by atoms with Crippen LogP contribution in [0, 0.1) is 0 Å². The summed E-state index contributed by atoms with van der Waals surface area (Å²) >= 11 is 0. The number of nitrogens with zero attached hydrogens (tertiary/aromatic N) is 2. The maximum absolute atomic E-state index is 11.5. The standard InChI is InChI=1S/C13H25N3O2/c1-5-9-16(12(2)17)11-7-13(18)14-8-6-10-15(3)4/h5H,1,6-11H2,2-4H3,(H,14,18). The van der Waals surface area contributed by atoms with Crippen LogP contribution in [0.4, 0.5) is 0 Å². The van der Waals surface area contributed by atoms with E-state index in [2.05, 4.69) is 16.8 Å². The van der Waals surface area contributed by atoms with E-state index in [9.17, 15) is 9.59 Å². The van der Waals surface area contributed by atoms with Crippen LogP contribution in [0.1, 0.15) is 19.8 Å². The normalized spacial score (nSPS) is 10.2. The van der Waals surface area contributed by atoms with Crippen LogP contribution in [0.15, 0.2) is 12.7 Å². The van der Waals surface area contributed by atoms with Gasteiger partial charge in [0, 0.05) is 33.0 Å². The van der Waals surface area contributed by atoms with Gasteiger partial charge in [-0.1, -0.05) is 6.08 Å². The molecule has 0 unspecified atom stereocenters. The smallest absolute Gasteiger partial charge is 0.221 e. The van der Waals surface area contributed by atoms with Gasteiger partial charge in [-0.15, -0.1) is 6.58 Å². The SMILES string of the molecule is C=CCN(CCC(=O)NCCCN(C)C)C(C)=O. The topological polar surface area (TPSA) is 52.7 Å². The fourth-order valence-corrected chi connectivity index (χ4v) is 1.48. The fraction of sp³-hybridized carbons (Fsp3) is 0.692. The first kappa shape index (κ1) is 16.6. The molecule has 0 aliphatic heterocycles. The number of amides is 2. The summed E-state index contributed by atoms with van der Waals surface area (Å²) in [6.45, 7) is 7.65. The molecule has 0 rings (SSSR count). The van der Waals surface area contributed by atoms with Crippen molar-refractivity contribution in [1.82, 2.24) is 15.1 Å². The molecule has 0 saturated carbocycles. The number of rotatable bonds is 9. The van der Waals surface area contributed by atoms with E-state index >= 15 is 0 Å². The van der Waals surface area contributed by atoms with Crippen molar-refractivity contribution in [2.45, 2.75) is 19.8 Å². The zero-order valence-electron chi connectivity index (χ0n) is 11.7. The minimum absolute atomic E-state index is 0.0101. The molecule has 104 valence electrons. The summed E-state index contributed by atoms with van der Waals surface area (Å²) in [7, 11) is 4.00. The van der Waals surface area contributed by atoms with Gasteiger partial charge in [0.15, 0.2) is 0 Å². The van der Waals surface area contributed by atoms with Gasteiger partial charge in [0.2, 0.25) is 11.8 Å². The highest BCUT2D eigenvalue weighted by molar-refractivity contribution is 5.78. The molecule has 0 aromatic rings. The summed E-state index contributed by atoms with van der Waals surface area (Å²) in [6, 6.07) is 0. The quantitative estimate of drug-likeness (QED) is 0.481. The van der Waals surface area contributed by atoms with Crippen molar-refractivity contribution in [2.24, 2.45) is 0 Å². The van der Waals surface area contributed by atoms with Gasteiger partial charge in [-0.2, -0.15) is 0 Å². The molecule has 0 radical (unpaired) electrons. The Labute approximate surface area is 110 Å². The average Bonchev–Trinajstić information content (AvgIpc) is 2.29. The number of carbonyl (C=O) groups excluding carboxylic acids is 2. The van der Waals surface area contributed by atoms with E-state index in [1.54, 1.807) is 11.0 Å². The molecule has 5 heteroatoms. The molecule has 0 aliphatic carbocycles.